The highest BCUT2D eigenvalue weighted by Crippen LogP contribution is 2.24. The van der Waals surface area contributed by atoms with E-state index in [0.717, 1.165) is 17.1 Å². The Morgan fingerprint density at radius 2 is 1.84 bits per heavy atom. The Morgan fingerprint density at radius 1 is 1.00 bits per heavy atom. The fraction of sp³-hybridized carbons (Fsp3) is 0.0667. The summed E-state index contributed by atoms with van der Waals surface area (Å²) in [6.07, 6.45) is 1.62. The van der Waals surface area contributed by atoms with Crippen LogP contribution in [0, 0.1) is 0 Å². The van der Waals surface area contributed by atoms with Crippen LogP contribution in [0.5, 0.6) is 0 Å². The molecule has 0 saturated heterocycles. The molecule has 1 N–H and O–H groups in total. The number of nitrogens with one attached hydrogen (secondary N) is 1. The molecule has 2 heterocycles. The number of nitrogens with zero attached hydrogens (tertiary/aromatic N) is 2. The van der Waals surface area contributed by atoms with Crippen LogP contribution in [0.15, 0.2) is 59.2 Å². The van der Waals surface area contributed by atoms with E-state index in [1.165, 1.54) is 0 Å². The molecule has 0 aliphatic heterocycles. The summed E-state index contributed by atoms with van der Waals surface area (Å²) in [6, 6.07) is 15.6. The molecule has 1 aromatic carbocycles. The summed E-state index contributed by atoms with van der Waals surface area (Å²) in [6.45, 7) is 0. The molecule has 0 radical (unpaired) electrons. The number of hydrogen-bond donors (Lipinski definition) is 1. The Morgan fingerprint density at radius 3 is 2.53 bits per heavy atom. The van der Waals surface area contributed by atoms with Gasteiger partial charge in [-0.05, 0) is 12.1 Å². The quantitative estimate of drug-likeness (QED) is 0.774. The number of furan rings is 1. The second-order valence-electron chi connectivity index (χ2n) is 4.06. The summed E-state index contributed by atoms with van der Waals surface area (Å²) in [4.78, 5) is 8.95. The van der Waals surface area contributed by atoms with Crippen LogP contribution in [0.3, 0.4) is 0 Å². The molecule has 0 saturated carbocycles. The second kappa shape index (κ2) is 4.94. The third-order valence-corrected chi connectivity index (χ3v) is 2.79. The normalized spacial score (nSPS) is 10.4. The highest BCUT2D eigenvalue weighted by Gasteiger charge is 2.09. The molecule has 0 atom stereocenters. The van der Waals surface area contributed by atoms with Crippen molar-refractivity contribution in [3.8, 4) is 22.8 Å². The van der Waals surface area contributed by atoms with E-state index in [-0.39, 0.29) is 0 Å². The van der Waals surface area contributed by atoms with E-state index in [1.807, 2.05) is 55.6 Å². The van der Waals surface area contributed by atoms with E-state index in [9.17, 15) is 0 Å². The lowest BCUT2D eigenvalue weighted by molar-refractivity contribution is 0.577. The van der Waals surface area contributed by atoms with Gasteiger partial charge in [-0.3, -0.25) is 0 Å². The van der Waals surface area contributed by atoms with Crippen molar-refractivity contribution in [2.75, 3.05) is 12.4 Å². The Bertz CT molecular complexity index is 663. The minimum absolute atomic E-state index is 0.579. The number of benzene rings is 1. The first kappa shape index (κ1) is 11.5. The number of anilines is 1. The van der Waals surface area contributed by atoms with Crippen LogP contribution in [0.2, 0.25) is 0 Å². The molecule has 3 aromatic rings. The first-order chi connectivity index (χ1) is 9.36. The minimum Gasteiger partial charge on any atom is -0.461 e. The Hall–Kier alpha value is -2.62. The lowest BCUT2D eigenvalue weighted by Gasteiger charge is -2.06. The zero-order chi connectivity index (χ0) is 13.1. The number of aromatic nitrogens is 2. The largest absolute Gasteiger partial charge is 0.461 e. The summed E-state index contributed by atoms with van der Waals surface area (Å²) < 4.78 is 5.36. The monoisotopic (exact) mass is 251 g/mol. The van der Waals surface area contributed by atoms with Crippen LogP contribution >= 0.6 is 0 Å². The van der Waals surface area contributed by atoms with E-state index < -0.39 is 0 Å². The highest BCUT2D eigenvalue weighted by molar-refractivity contribution is 5.65. The smallest absolute Gasteiger partial charge is 0.198 e. The van der Waals surface area contributed by atoms with Crippen molar-refractivity contribution in [2.24, 2.45) is 0 Å². The van der Waals surface area contributed by atoms with Gasteiger partial charge in [-0.25, -0.2) is 9.97 Å². The van der Waals surface area contributed by atoms with Gasteiger partial charge in [0.1, 0.15) is 5.82 Å². The van der Waals surface area contributed by atoms with Crippen LogP contribution < -0.4 is 5.32 Å². The second-order valence-corrected chi connectivity index (χ2v) is 4.06. The predicted molar refractivity (Wildman–Crippen MR) is 74.7 cm³/mol. The van der Waals surface area contributed by atoms with Crippen LogP contribution in [0.25, 0.3) is 22.8 Å². The number of hydrogen-bond acceptors (Lipinski definition) is 4. The van der Waals surface area contributed by atoms with Gasteiger partial charge < -0.3 is 9.73 Å². The number of rotatable bonds is 3. The lowest BCUT2D eigenvalue weighted by atomic mass is 10.1. The fourth-order valence-electron chi connectivity index (χ4n) is 1.85. The maximum Gasteiger partial charge on any atom is 0.198 e. The molecule has 2 aromatic heterocycles. The molecule has 0 bridgehead atoms. The van der Waals surface area contributed by atoms with E-state index in [4.69, 9.17) is 4.42 Å². The molecule has 0 unspecified atom stereocenters. The fourth-order valence-corrected chi connectivity index (χ4v) is 1.85. The van der Waals surface area contributed by atoms with E-state index in [2.05, 4.69) is 15.3 Å². The van der Waals surface area contributed by atoms with Crippen molar-refractivity contribution in [2.45, 2.75) is 0 Å². The average Bonchev–Trinajstić information content (AvgIpc) is 3.02. The first-order valence-electron chi connectivity index (χ1n) is 6.03. The standard InChI is InChI=1S/C15H13N3O/c1-16-14-10-12(11-6-3-2-4-7-11)17-15(18-14)13-8-5-9-19-13/h2-10H,1H3,(H,16,17,18). The van der Waals surface area contributed by atoms with Gasteiger partial charge in [0.05, 0.1) is 12.0 Å². The van der Waals surface area contributed by atoms with Crippen LogP contribution in [0.1, 0.15) is 0 Å². The van der Waals surface area contributed by atoms with Gasteiger partial charge in [0.2, 0.25) is 0 Å². The predicted octanol–water partition coefficient (Wildman–Crippen LogP) is 3.45. The summed E-state index contributed by atoms with van der Waals surface area (Å²) >= 11 is 0. The molecule has 4 nitrogen and oxygen atoms in total. The van der Waals surface area contributed by atoms with Crippen LogP contribution in [0.4, 0.5) is 5.82 Å². The Labute approximate surface area is 111 Å². The molecule has 0 spiro atoms. The zero-order valence-corrected chi connectivity index (χ0v) is 10.5. The Kier molecular flexibility index (Phi) is 2.98. The van der Waals surface area contributed by atoms with Crippen molar-refractivity contribution in [3.63, 3.8) is 0 Å². The molecule has 19 heavy (non-hydrogen) atoms. The molecule has 0 aliphatic rings. The van der Waals surface area contributed by atoms with Crippen molar-refractivity contribution in [1.82, 2.24) is 9.97 Å². The average molecular weight is 251 g/mol. The van der Waals surface area contributed by atoms with Crippen LogP contribution in [-0.2, 0) is 0 Å². The van der Waals surface area contributed by atoms with Gasteiger partial charge in [-0.1, -0.05) is 30.3 Å². The molecular weight excluding hydrogens is 238 g/mol. The first-order valence-corrected chi connectivity index (χ1v) is 6.03. The molecule has 3 rings (SSSR count). The van der Waals surface area contributed by atoms with Gasteiger partial charge in [0.15, 0.2) is 11.6 Å². The van der Waals surface area contributed by atoms with Gasteiger partial charge in [0.25, 0.3) is 0 Å². The van der Waals surface area contributed by atoms with E-state index in [0.29, 0.717) is 11.6 Å². The molecule has 4 heteroatoms. The van der Waals surface area contributed by atoms with Crippen molar-refractivity contribution >= 4 is 5.82 Å². The summed E-state index contributed by atoms with van der Waals surface area (Å²) in [7, 11) is 1.84. The van der Waals surface area contributed by atoms with Gasteiger partial charge in [-0.2, -0.15) is 0 Å². The summed E-state index contributed by atoms with van der Waals surface area (Å²) in [5, 5.41) is 3.05. The SMILES string of the molecule is CNc1cc(-c2ccccc2)nc(-c2ccco2)n1. The van der Waals surface area contributed by atoms with Crippen molar-refractivity contribution in [3.05, 3.63) is 54.8 Å². The van der Waals surface area contributed by atoms with E-state index >= 15 is 0 Å². The molecule has 0 amide bonds. The Balaban J connectivity index is 2.13. The van der Waals surface area contributed by atoms with Gasteiger partial charge >= 0.3 is 0 Å². The lowest BCUT2D eigenvalue weighted by Crippen LogP contribution is -1.98. The molecular formula is C15H13N3O. The molecule has 0 fully saturated rings. The maximum absolute atomic E-state index is 5.36. The van der Waals surface area contributed by atoms with Gasteiger partial charge in [0, 0.05) is 18.7 Å². The van der Waals surface area contributed by atoms with Gasteiger partial charge in [-0.15, -0.1) is 0 Å². The molecule has 0 aliphatic carbocycles. The highest BCUT2D eigenvalue weighted by atomic mass is 16.3. The van der Waals surface area contributed by atoms with Crippen molar-refractivity contribution < 1.29 is 4.42 Å². The van der Waals surface area contributed by atoms with Crippen molar-refractivity contribution in [1.29, 1.82) is 0 Å². The third kappa shape index (κ3) is 2.33. The van der Waals surface area contributed by atoms with E-state index in [1.54, 1.807) is 6.26 Å². The minimum atomic E-state index is 0.579. The topological polar surface area (TPSA) is 51.0 Å². The maximum atomic E-state index is 5.36. The summed E-state index contributed by atoms with van der Waals surface area (Å²) in [5.41, 5.74) is 1.92. The molecule has 94 valence electrons. The van der Waals surface area contributed by atoms with Crippen LogP contribution in [-0.4, -0.2) is 17.0 Å². The zero-order valence-electron chi connectivity index (χ0n) is 10.5. The third-order valence-electron chi connectivity index (χ3n) is 2.79. The summed E-state index contributed by atoms with van der Waals surface area (Å²) in [5.74, 6) is 2.00.